The zero-order valence-corrected chi connectivity index (χ0v) is 19.5. The van der Waals surface area contributed by atoms with Crippen LogP contribution in [0.25, 0.3) is 0 Å². The number of esters is 1. The van der Waals surface area contributed by atoms with E-state index in [4.69, 9.17) is 4.74 Å². The third kappa shape index (κ3) is 2.57. The van der Waals surface area contributed by atoms with Crippen molar-refractivity contribution in [2.75, 3.05) is 6.61 Å². The van der Waals surface area contributed by atoms with Crippen molar-refractivity contribution in [2.45, 2.75) is 77.6 Å². The van der Waals surface area contributed by atoms with Gasteiger partial charge in [0.15, 0.2) is 17.5 Å². The molecule has 5 rings (SSSR count). The number of rotatable bonds is 3. The third-order valence-corrected chi connectivity index (χ3v) is 9.82. The minimum atomic E-state index is -2.04. The van der Waals surface area contributed by atoms with E-state index in [1.807, 2.05) is 6.92 Å². The summed E-state index contributed by atoms with van der Waals surface area (Å²) in [4.78, 5) is 27.2. The van der Waals surface area contributed by atoms with Crippen molar-refractivity contribution in [3.63, 3.8) is 0 Å². The van der Waals surface area contributed by atoms with Crippen LogP contribution >= 0.6 is 0 Å². The van der Waals surface area contributed by atoms with E-state index in [1.54, 1.807) is 19.1 Å². The van der Waals surface area contributed by atoms with E-state index in [0.717, 1.165) is 32.1 Å². The average molecular weight is 445 g/mol. The zero-order valence-electron chi connectivity index (χ0n) is 19.5. The Morgan fingerprint density at radius 3 is 2.53 bits per heavy atom. The lowest BCUT2D eigenvalue weighted by Crippen LogP contribution is -2.66. The van der Waals surface area contributed by atoms with Crippen LogP contribution in [0.2, 0.25) is 0 Å². The zero-order chi connectivity index (χ0) is 23.2. The van der Waals surface area contributed by atoms with Crippen LogP contribution in [0, 0.1) is 40.4 Å². The van der Waals surface area contributed by atoms with Crippen LogP contribution in [0.4, 0.5) is 0 Å². The predicted octanol–water partition coefficient (Wildman–Crippen LogP) is 2.56. The Morgan fingerprint density at radius 2 is 1.91 bits per heavy atom. The Balaban J connectivity index is 1.63. The van der Waals surface area contributed by atoms with E-state index in [0.29, 0.717) is 11.5 Å². The molecule has 0 saturated heterocycles. The minimum Gasteiger partial charge on any atom is -0.454 e. The quantitative estimate of drug-likeness (QED) is 0.457. The van der Waals surface area contributed by atoms with E-state index >= 15 is 0 Å². The van der Waals surface area contributed by atoms with Crippen LogP contribution in [-0.4, -0.2) is 51.5 Å². The van der Waals surface area contributed by atoms with Crippen molar-refractivity contribution >= 4 is 11.8 Å². The first-order valence-electron chi connectivity index (χ1n) is 12.2. The van der Waals surface area contributed by atoms with E-state index in [-0.39, 0.29) is 40.5 Å². The number of aliphatic hydroxyl groups excluding tert-OH is 2. The van der Waals surface area contributed by atoms with Crippen LogP contribution in [0.1, 0.15) is 59.8 Å². The van der Waals surface area contributed by atoms with E-state index < -0.39 is 35.7 Å². The molecule has 3 fully saturated rings. The Hall–Kier alpha value is -1.50. The molecular formula is C26H36O6. The molecule has 2 bridgehead atoms. The number of hydrogen-bond acceptors (Lipinski definition) is 6. The Labute approximate surface area is 189 Å². The largest absolute Gasteiger partial charge is 0.454 e. The summed E-state index contributed by atoms with van der Waals surface area (Å²) < 4.78 is 5.92. The highest BCUT2D eigenvalue weighted by Crippen LogP contribution is 2.71. The highest BCUT2D eigenvalue weighted by atomic mass is 16.6. The van der Waals surface area contributed by atoms with Gasteiger partial charge in [-0.2, -0.15) is 0 Å². The predicted molar refractivity (Wildman–Crippen MR) is 117 cm³/mol. The monoisotopic (exact) mass is 444 g/mol. The minimum absolute atomic E-state index is 0.00757. The maximum Gasteiger partial charge on any atom is 0.309 e. The topological polar surface area (TPSA) is 104 Å². The molecule has 0 amide bonds. The Kier molecular flexibility index (Phi) is 4.88. The highest BCUT2D eigenvalue weighted by molar-refractivity contribution is 5.95. The number of allylic oxidation sites excluding steroid dienone is 1. The molecule has 0 aromatic rings. The summed E-state index contributed by atoms with van der Waals surface area (Å²) in [6.45, 7) is 7.62. The second-order valence-electron chi connectivity index (χ2n) is 11.7. The van der Waals surface area contributed by atoms with Crippen LogP contribution in [0.3, 0.4) is 0 Å². The van der Waals surface area contributed by atoms with Gasteiger partial charge in [-0.05, 0) is 60.5 Å². The number of ketones is 1. The van der Waals surface area contributed by atoms with Gasteiger partial charge in [0, 0.05) is 5.92 Å². The molecule has 8 atom stereocenters. The number of carbonyl (C=O) groups is 2. The van der Waals surface area contributed by atoms with Gasteiger partial charge < -0.3 is 20.1 Å². The molecule has 5 aliphatic carbocycles. The number of Topliss-reactive ketones (excluding diaryl/α,β-unsaturated/α-hetero) is 1. The molecule has 3 saturated carbocycles. The fourth-order valence-corrected chi connectivity index (χ4v) is 7.97. The second kappa shape index (κ2) is 7.00. The second-order valence-corrected chi connectivity index (χ2v) is 11.7. The van der Waals surface area contributed by atoms with Gasteiger partial charge in [-0.3, -0.25) is 9.59 Å². The van der Waals surface area contributed by atoms with Crippen LogP contribution < -0.4 is 0 Å². The molecule has 176 valence electrons. The summed E-state index contributed by atoms with van der Waals surface area (Å²) in [6, 6.07) is 0. The maximum absolute atomic E-state index is 14.2. The van der Waals surface area contributed by atoms with Crippen molar-refractivity contribution in [2.24, 2.45) is 40.4 Å². The van der Waals surface area contributed by atoms with Crippen molar-refractivity contribution in [1.29, 1.82) is 0 Å². The average Bonchev–Trinajstić information content (AvgIpc) is 3.09. The highest BCUT2D eigenvalue weighted by Gasteiger charge is 2.76. The van der Waals surface area contributed by atoms with E-state index in [2.05, 4.69) is 13.8 Å². The first-order valence-corrected chi connectivity index (χ1v) is 12.2. The number of carbonyl (C=O) groups excluding carboxylic acids is 2. The fraction of sp³-hybridized carbons (Fsp3) is 0.769. The Bertz CT molecular complexity index is 911. The summed E-state index contributed by atoms with van der Waals surface area (Å²) in [5, 5.41) is 33.9. The SMILES string of the molecule is CC1=C[C@]23C(=O)C(C=C(CO)[C@@H](O)[C@]2(O)[C@H]1OC(=O)C1CCCC1)[C@H]1[C@@H](C[C@H]3C)C1(C)C. The summed E-state index contributed by atoms with van der Waals surface area (Å²) >= 11 is 0. The molecule has 0 radical (unpaired) electrons. The van der Waals surface area contributed by atoms with Crippen LogP contribution in [-0.2, 0) is 14.3 Å². The van der Waals surface area contributed by atoms with Gasteiger partial charge in [0.2, 0.25) is 0 Å². The molecule has 5 aliphatic rings. The molecule has 0 aromatic carbocycles. The lowest BCUT2D eigenvalue weighted by atomic mass is 9.59. The van der Waals surface area contributed by atoms with Crippen molar-refractivity contribution in [3.8, 4) is 0 Å². The lowest BCUT2D eigenvalue weighted by Gasteiger charge is -2.48. The molecule has 6 heteroatoms. The molecule has 1 spiro atoms. The molecule has 0 aromatic heterocycles. The van der Waals surface area contributed by atoms with Crippen LogP contribution in [0.15, 0.2) is 23.3 Å². The van der Waals surface area contributed by atoms with Crippen molar-refractivity contribution in [1.82, 2.24) is 0 Å². The molecular weight excluding hydrogens is 408 g/mol. The van der Waals surface area contributed by atoms with E-state index in [1.165, 1.54) is 0 Å². The van der Waals surface area contributed by atoms with Crippen molar-refractivity contribution < 1.29 is 29.6 Å². The van der Waals surface area contributed by atoms with Gasteiger partial charge in [-0.25, -0.2) is 0 Å². The van der Waals surface area contributed by atoms with Gasteiger partial charge in [0.05, 0.1) is 17.9 Å². The van der Waals surface area contributed by atoms with Gasteiger partial charge in [-0.1, -0.05) is 45.8 Å². The normalized spacial score (nSPS) is 47.0. The Morgan fingerprint density at radius 1 is 1.25 bits per heavy atom. The van der Waals surface area contributed by atoms with Crippen molar-refractivity contribution in [3.05, 3.63) is 23.3 Å². The summed E-state index contributed by atoms with van der Waals surface area (Å²) in [7, 11) is 0. The first kappa shape index (κ1) is 22.3. The number of fused-ring (bicyclic) bond motifs is 3. The smallest absolute Gasteiger partial charge is 0.309 e. The van der Waals surface area contributed by atoms with Gasteiger partial charge in [-0.15, -0.1) is 0 Å². The summed E-state index contributed by atoms with van der Waals surface area (Å²) in [5.41, 5.74) is -2.56. The van der Waals surface area contributed by atoms with Crippen LogP contribution in [0.5, 0.6) is 0 Å². The third-order valence-electron chi connectivity index (χ3n) is 9.82. The molecule has 0 aliphatic heterocycles. The van der Waals surface area contributed by atoms with Gasteiger partial charge in [0.1, 0.15) is 6.10 Å². The molecule has 1 unspecified atom stereocenters. The van der Waals surface area contributed by atoms with E-state index in [9.17, 15) is 24.9 Å². The lowest BCUT2D eigenvalue weighted by molar-refractivity contribution is -0.205. The molecule has 32 heavy (non-hydrogen) atoms. The molecule has 6 nitrogen and oxygen atoms in total. The summed E-state index contributed by atoms with van der Waals surface area (Å²) in [5.74, 6) is -0.985. The fourth-order valence-electron chi connectivity index (χ4n) is 7.97. The first-order chi connectivity index (χ1) is 15.0. The maximum atomic E-state index is 14.2. The molecule has 0 heterocycles. The number of aliphatic hydroxyl groups is 3. The molecule has 3 N–H and O–H groups in total. The van der Waals surface area contributed by atoms with Gasteiger partial charge >= 0.3 is 5.97 Å². The number of ether oxygens (including phenoxy) is 1. The van der Waals surface area contributed by atoms with Gasteiger partial charge in [0.25, 0.3) is 0 Å². The summed E-state index contributed by atoms with van der Waals surface area (Å²) in [6.07, 6.45) is 5.10. The number of hydrogen-bond donors (Lipinski definition) is 3. The standard InChI is InChI=1S/C26H36O6/c1-13-11-25-14(2)9-18-19(24(18,3)4)17(21(25)29)10-16(12-27)20(28)26(25,31)22(13)32-23(30)15-7-5-6-8-15/h10-11,14-15,17-20,22,27-28,31H,5-9,12H2,1-4H3/t14-,17?,18-,19+,20-,22+,25+,26+/m1/s1.